The van der Waals surface area contributed by atoms with E-state index in [2.05, 4.69) is 24.2 Å². The van der Waals surface area contributed by atoms with Gasteiger partial charge in [0.2, 0.25) is 0 Å². The molecule has 3 heteroatoms. The van der Waals surface area contributed by atoms with Crippen molar-refractivity contribution in [1.82, 2.24) is 10.2 Å². The standard InChI is InChI=1S/C12H20N2O/c1-10-5-8-15-12(10)9-13-11-3-6-14(2)7-4-11/h5,8,11,13H,3-4,6-7,9H2,1-2H3. The van der Waals surface area contributed by atoms with Gasteiger partial charge in [-0.1, -0.05) is 0 Å². The Labute approximate surface area is 91.4 Å². The van der Waals surface area contributed by atoms with Crippen molar-refractivity contribution in [2.75, 3.05) is 20.1 Å². The first kappa shape index (κ1) is 10.7. The zero-order chi connectivity index (χ0) is 10.7. The molecule has 0 saturated carbocycles. The number of rotatable bonds is 3. The Morgan fingerprint density at radius 2 is 2.20 bits per heavy atom. The predicted molar refractivity (Wildman–Crippen MR) is 60.8 cm³/mol. The van der Waals surface area contributed by atoms with Crippen LogP contribution < -0.4 is 5.32 Å². The van der Waals surface area contributed by atoms with Crippen LogP contribution in [0.1, 0.15) is 24.2 Å². The van der Waals surface area contributed by atoms with Crippen molar-refractivity contribution in [1.29, 1.82) is 0 Å². The summed E-state index contributed by atoms with van der Waals surface area (Å²) in [5, 5.41) is 3.56. The summed E-state index contributed by atoms with van der Waals surface area (Å²) in [6.45, 7) is 5.37. The van der Waals surface area contributed by atoms with Crippen molar-refractivity contribution in [2.24, 2.45) is 0 Å². The number of piperidine rings is 1. The van der Waals surface area contributed by atoms with Gasteiger partial charge >= 0.3 is 0 Å². The van der Waals surface area contributed by atoms with E-state index in [-0.39, 0.29) is 0 Å². The molecule has 0 bridgehead atoms. The lowest BCUT2D eigenvalue weighted by Gasteiger charge is -2.29. The summed E-state index contributed by atoms with van der Waals surface area (Å²) in [4.78, 5) is 2.39. The molecule has 0 amide bonds. The van der Waals surface area contributed by atoms with Crippen molar-refractivity contribution in [3.8, 4) is 0 Å². The van der Waals surface area contributed by atoms with Crippen LogP contribution in [0.4, 0.5) is 0 Å². The van der Waals surface area contributed by atoms with Gasteiger partial charge in [-0.05, 0) is 51.5 Å². The molecule has 3 nitrogen and oxygen atoms in total. The van der Waals surface area contributed by atoms with E-state index in [0.29, 0.717) is 6.04 Å². The third-order valence-corrected chi connectivity index (χ3v) is 3.24. The lowest BCUT2D eigenvalue weighted by molar-refractivity contribution is 0.231. The highest BCUT2D eigenvalue weighted by Gasteiger charge is 2.16. The number of nitrogens with one attached hydrogen (secondary N) is 1. The Balaban J connectivity index is 1.77. The number of nitrogens with zero attached hydrogens (tertiary/aromatic N) is 1. The molecule has 0 radical (unpaired) electrons. The zero-order valence-electron chi connectivity index (χ0n) is 9.62. The van der Waals surface area contributed by atoms with Crippen LogP contribution >= 0.6 is 0 Å². The Hall–Kier alpha value is -0.800. The first-order valence-electron chi connectivity index (χ1n) is 5.70. The maximum atomic E-state index is 5.40. The Kier molecular flexibility index (Phi) is 3.44. The second-order valence-electron chi connectivity index (χ2n) is 4.49. The van der Waals surface area contributed by atoms with E-state index in [1.807, 2.05) is 6.07 Å². The van der Waals surface area contributed by atoms with E-state index in [4.69, 9.17) is 4.42 Å². The first-order chi connectivity index (χ1) is 7.25. The molecule has 1 fully saturated rings. The molecule has 1 aromatic heterocycles. The number of likely N-dealkylation sites (tertiary alicyclic amines) is 1. The summed E-state index contributed by atoms with van der Waals surface area (Å²) in [5.41, 5.74) is 1.25. The minimum Gasteiger partial charge on any atom is -0.468 e. The van der Waals surface area contributed by atoms with Crippen LogP contribution in [0.25, 0.3) is 0 Å². The van der Waals surface area contributed by atoms with Crippen molar-refractivity contribution in [3.63, 3.8) is 0 Å². The summed E-state index contributed by atoms with van der Waals surface area (Å²) in [7, 11) is 2.19. The van der Waals surface area contributed by atoms with E-state index in [9.17, 15) is 0 Å². The minimum absolute atomic E-state index is 0.658. The molecule has 2 heterocycles. The maximum absolute atomic E-state index is 5.40. The van der Waals surface area contributed by atoms with E-state index >= 15 is 0 Å². The Morgan fingerprint density at radius 3 is 2.80 bits per heavy atom. The fourth-order valence-electron chi connectivity index (χ4n) is 2.03. The van der Waals surface area contributed by atoms with E-state index < -0.39 is 0 Å². The zero-order valence-corrected chi connectivity index (χ0v) is 9.62. The van der Waals surface area contributed by atoms with Gasteiger partial charge in [-0.2, -0.15) is 0 Å². The number of hydrogen-bond acceptors (Lipinski definition) is 3. The van der Waals surface area contributed by atoms with Crippen LogP contribution in [-0.4, -0.2) is 31.1 Å². The summed E-state index contributed by atoms with van der Waals surface area (Å²) in [5.74, 6) is 1.08. The second-order valence-corrected chi connectivity index (χ2v) is 4.49. The SMILES string of the molecule is Cc1ccoc1CNC1CCN(C)CC1. The largest absolute Gasteiger partial charge is 0.468 e. The molecule has 0 atom stereocenters. The van der Waals surface area contributed by atoms with Gasteiger partial charge in [-0.3, -0.25) is 0 Å². The van der Waals surface area contributed by atoms with Crippen molar-refractivity contribution in [3.05, 3.63) is 23.7 Å². The summed E-state index contributed by atoms with van der Waals surface area (Å²) >= 11 is 0. The van der Waals surface area contributed by atoms with Gasteiger partial charge in [-0.15, -0.1) is 0 Å². The van der Waals surface area contributed by atoms with Gasteiger partial charge in [0.05, 0.1) is 12.8 Å². The maximum Gasteiger partial charge on any atom is 0.120 e. The van der Waals surface area contributed by atoms with Gasteiger partial charge in [-0.25, -0.2) is 0 Å². The fraction of sp³-hybridized carbons (Fsp3) is 0.667. The molecule has 0 aliphatic carbocycles. The van der Waals surface area contributed by atoms with E-state index in [0.717, 1.165) is 12.3 Å². The molecule has 2 rings (SSSR count). The van der Waals surface area contributed by atoms with Crippen LogP contribution in [0.2, 0.25) is 0 Å². The average molecular weight is 208 g/mol. The lowest BCUT2D eigenvalue weighted by atomic mass is 10.1. The average Bonchev–Trinajstić information content (AvgIpc) is 2.63. The van der Waals surface area contributed by atoms with Crippen molar-refractivity contribution >= 4 is 0 Å². The monoisotopic (exact) mass is 208 g/mol. The molecular weight excluding hydrogens is 188 g/mol. The summed E-state index contributed by atoms with van der Waals surface area (Å²) in [6, 6.07) is 2.68. The quantitative estimate of drug-likeness (QED) is 0.820. The second kappa shape index (κ2) is 4.81. The molecule has 84 valence electrons. The van der Waals surface area contributed by atoms with Crippen molar-refractivity contribution < 1.29 is 4.42 Å². The molecule has 1 aromatic rings. The van der Waals surface area contributed by atoms with Gasteiger partial charge < -0.3 is 14.6 Å². The molecule has 1 aliphatic heterocycles. The topological polar surface area (TPSA) is 28.4 Å². The third-order valence-electron chi connectivity index (χ3n) is 3.24. The Morgan fingerprint density at radius 1 is 1.47 bits per heavy atom. The minimum atomic E-state index is 0.658. The van der Waals surface area contributed by atoms with E-state index in [1.54, 1.807) is 6.26 Å². The van der Waals surface area contributed by atoms with Crippen LogP contribution in [0, 0.1) is 6.92 Å². The summed E-state index contributed by atoms with van der Waals surface area (Å²) in [6.07, 6.45) is 4.26. The van der Waals surface area contributed by atoms with Crippen LogP contribution in [0.15, 0.2) is 16.7 Å². The number of aryl methyl sites for hydroxylation is 1. The molecule has 1 aliphatic rings. The number of furan rings is 1. The smallest absolute Gasteiger partial charge is 0.120 e. The lowest BCUT2D eigenvalue weighted by Crippen LogP contribution is -2.40. The fourth-order valence-corrected chi connectivity index (χ4v) is 2.03. The molecule has 1 N–H and O–H groups in total. The third kappa shape index (κ3) is 2.83. The molecule has 1 saturated heterocycles. The molecular formula is C12H20N2O. The number of hydrogen-bond donors (Lipinski definition) is 1. The van der Waals surface area contributed by atoms with Crippen molar-refractivity contribution in [2.45, 2.75) is 32.4 Å². The molecule has 0 aromatic carbocycles. The normalized spacial score (nSPS) is 19.6. The Bertz CT molecular complexity index is 300. The van der Waals surface area contributed by atoms with Gasteiger partial charge in [0.15, 0.2) is 0 Å². The predicted octanol–water partition coefficient (Wildman–Crippen LogP) is 1.77. The molecule has 15 heavy (non-hydrogen) atoms. The highest BCUT2D eigenvalue weighted by atomic mass is 16.3. The first-order valence-corrected chi connectivity index (χ1v) is 5.70. The van der Waals surface area contributed by atoms with Crippen LogP contribution in [0.5, 0.6) is 0 Å². The highest BCUT2D eigenvalue weighted by molar-refractivity contribution is 5.14. The van der Waals surface area contributed by atoms with Gasteiger partial charge in [0.1, 0.15) is 5.76 Å². The van der Waals surface area contributed by atoms with E-state index in [1.165, 1.54) is 31.5 Å². The van der Waals surface area contributed by atoms with Crippen LogP contribution in [0.3, 0.4) is 0 Å². The van der Waals surface area contributed by atoms with Gasteiger partial charge in [0.25, 0.3) is 0 Å². The van der Waals surface area contributed by atoms with Crippen LogP contribution in [-0.2, 0) is 6.54 Å². The molecule has 0 unspecified atom stereocenters. The molecule has 0 spiro atoms. The highest BCUT2D eigenvalue weighted by Crippen LogP contribution is 2.12. The summed E-state index contributed by atoms with van der Waals surface area (Å²) < 4.78 is 5.40. The van der Waals surface area contributed by atoms with Gasteiger partial charge in [0, 0.05) is 6.04 Å².